The number of benzene rings is 2. The van der Waals surface area contributed by atoms with Gasteiger partial charge in [-0.3, -0.25) is 4.79 Å². The molecule has 0 aromatic heterocycles. The molecule has 0 saturated carbocycles. The SMILES string of the molecule is CC1(C)CC(=O)C2=C(C1)Nc1ccccc1SC2c1ccc2c(c1)OCO2. The highest BCUT2D eigenvalue weighted by molar-refractivity contribution is 8.00. The Morgan fingerprint density at radius 3 is 2.78 bits per heavy atom. The number of nitrogens with one attached hydrogen (secondary N) is 1. The minimum absolute atomic E-state index is 0.0354. The monoisotopic (exact) mass is 379 g/mol. The molecule has 138 valence electrons. The van der Waals surface area contributed by atoms with Crippen molar-refractivity contribution in [2.75, 3.05) is 12.1 Å². The van der Waals surface area contributed by atoms with E-state index in [1.54, 1.807) is 11.8 Å². The van der Waals surface area contributed by atoms with Crippen molar-refractivity contribution in [2.24, 2.45) is 5.41 Å². The van der Waals surface area contributed by atoms with Gasteiger partial charge in [-0.05, 0) is 41.7 Å². The van der Waals surface area contributed by atoms with E-state index in [1.807, 2.05) is 24.3 Å². The number of para-hydroxylation sites is 1. The van der Waals surface area contributed by atoms with Crippen molar-refractivity contribution in [3.05, 3.63) is 59.3 Å². The minimum atomic E-state index is -0.0609. The van der Waals surface area contributed by atoms with Crippen molar-refractivity contribution in [3.8, 4) is 11.5 Å². The van der Waals surface area contributed by atoms with Crippen molar-refractivity contribution >= 4 is 23.2 Å². The molecule has 1 aliphatic carbocycles. The van der Waals surface area contributed by atoms with Crippen LogP contribution in [0.1, 0.15) is 37.5 Å². The number of thioether (sulfide) groups is 1. The molecule has 1 atom stereocenters. The Balaban J connectivity index is 1.67. The fraction of sp³-hybridized carbons (Fsp3) is 0.318. The second-order valence-corrected chi connectivity index (χ2v) is 9.21. The summed E-state index contributed by atoms with van der Waals surface area (Å²) in [6.07, 6.45) is 1.44. The molecule has 5 rings (SSSR count). The van der Waals surface area contributed by atoms with Crippen LogP contribution in [0.4, 0.5) is 5.69 Å². The molecule has 1 N–H and O–H groups in total. The van der Waals surface area contributed by atoms with Gasteiger partial charge < -0.3 is 14.8 Å². The Kier molecular flexibility index (Phi) is 3.76. The van der Waals surface area contributed by atoms with Crippen LogP contribution in [-0.4, -0.2) is 12.6 Å². The zero-order chi connectivity index (χ0) is 18.6. The fourth-order valence-corrected chi connectivity index (χ4v) is 5.41. The number of anilines is 1. The molecule has 0 spiro atoms. The molecule has 3 aliphatic rings. The molecule has 2 aromatic rings. The smallest absolute Gasteiger partial charge is 0.231 e. The summed E-state index contributed by atoms with van der Waals surface area (Å²) in [5.41, 5.74) is 4.06. The second-order valence-electron chi connectivity index (χ2n) is 8.06. The zero-order valence-corrected chi connectivity index (χ0v) is 16.2. The normalized spacial score (nSPS) is 22.6. The summed E-state index contributed by atoms with van der Waals surface area (Å²) >= 11 is 1.73. The lowest BCUT2D eigenvalue weighted by atomic mass is 9.74. The lowest BCUT2D eigenvalue weighted by Gasteiger charge is -2.33. The van der Waals surface area contributed by atoms with Gasteiger partial charge in [0.2, 0.25) is 6.79 Å². The van der Waals surface area contributed by atoms with E-state index in [0.29, 0.717) is 6.42 Å². The van der Waals surface area contributed by atoms with Gasteiger partial charge in [-0.1, -0.05) is 32.0 Å². The van der Waals surface area contributed by atoms with Gasteiger partial charge in [0.1, 0.15) is 0 Å². The molecular weight excluding hydrogens is 358 g/mol. The van der Waals surface area contributed by atoms with Gasteiger partial charge in [0.05, 0.1) is 10.9 Å². The standard InChI is InChI=1S/C22H21NO3S/c1-22(2)10-15-20(16(24)11-22)21(27-19-6-4-3-5-14(19)23-15)13-7-8-17-18(9-13)26-12-25-17/h3-9,21,23H,10-12H2,1-2H3. The molecule has 2 aliphatic heterocycles. The van der Waals surface area contributed by atoms with Crippen LogP contribution in [-0.2, 0) is 4.79 Å². The molecule has 0 bridgehead atoms. The van der Waals surface area contributed by atoms with Crippen LogP contribution in [0.3, 0.4) is 0 Å². The molecule has 1 unspecified atom stereocenters. The Morgan fingerprint density at radius 1 is 1.07 bits per heavy atom. The van der Waals surface area contributed by atoms with Gasteiger partial charge in [0, 0.05) is 22.6 Å². The second kappa shape index (κ2) is 6.06. The highest BCUT2D eigenvalue weighted by atomic mass is 32.2. The van der Waals surface area contributed by atoms with Crippen molar-refractivity contribution in [1.29, 1.82) is 0 Å². The maximum atomic E-state index is 13.2. The van der Waals surface area contributed by atoms with Crippen LogP contribution >= 0.6 is 11.8 Å². The highest BCUT2D eigenvalue weighted by Crippen LogP contribution is 2.52. The number of ketones is 1. The quantitative estimate of drug-likeness (QED) is 0.727. The average molecular weight is 379 g/mol. The van der Waals surface area contributed by atoms with E-state index < -0.39 is 0 Å². The van der Waals surface area contributed by atoms with Crippen LogP contribution in [0.2, 0.25) is 0 Å². The molecule has 0 amide bonds. The Bertz CT molecular complexity index is 979. The molecular formula is C22H21NO3S. The fourth-order valence-electron chi connectivity index (χ4n) is 4.08. The molecule has 2 heterocycles. The number of hydrogen-bond acceptors (Lipinski definition) is 5. The maximum Gasteiger partial charge on any atom is 0.231 e. The van der Waals surface area contributed by atoms with Crippen molar-refractivity contribution in [1.82, 2.24) is 0 Å². The Hall–Kier alpha value is -2.40. The van der Waals surface area contributed by atoms with Gasteiger partial charge in [-0.15, -0.1) is 11.8 Å². The topological polar surface area (TPSA) is 47.6 Å². The van der Waals surface area contributed by atoms with Gasteiger partial charge >= 0.3 is 0 Å². The van der Waals surface area contributed by atoms with Crippen LogP contribution in [0.25, 0.3) is 0 Å². The number of hydrogen-bond donors (Lipinski definition) is 1. The molecule has 0 saturated heterocycles. The number of Topliss-reactive ketones (excluding diaryl/α,β-unsaturated/α-hetero) is 1. The lowest BCUT2D eigenvalue weighted by molar-refractivity contribution is -0.118. The summed E-state index contributed by atoms with van der Waals surface area (Å²) in [5, 5.41) is 3.52. The van der Waals surface area contributed by atoms with E-state index >= 15 is 0 Å². The van der Waals surface area contributed by atoms with Crippen molar-refractivity contribution < 1.29 is 14.3 Å². The summed E-state index contributed by atoms with van der Waals surface area (Å²) in [4.78, 5) is 14.4. The third-order valence-electron chi connectivity index (χ3n) is 5.30. The van der Waals surface area contributed by atoms with Crippen LogP contribution in [0.5, 0.6) is 11.5 Å². The number of rotatable bonds is 1. The zero-order valence-electron chi connectivity index (χ0n) is 15.4. The molecule has 5 heteroatoms. The van der Waals surface area contributed by atoms with E-state index in [-0.39, 0.29) is 23.2 Å². The predicted molar refractivity (Wildman–Crippen MR) is 106 cm³/mol. The first-order valence-electron chi connectivity index (χ1n) is 9.19. The Labute approximate surface area is 162 Å². The summed E-state index contributed by atoms with van der Waals surface area (Å²) in [6.45, 7) is 4.58. The van der Waals surface area contributed by atoms with Gasteiger partial charge in [-0.25, -0.2) is 0 Å². The van der Waals surface area contributed by atoms with E-state index in [2.05, 4.69) is 37.4 Å². The van der Waals surface area contributed by atoms with E-state index in [1.165, 1.54) is 0 Å². The summed E-state index contributed by atoms with van der Waals surface area (Å²) in [7, 11) is 0. The van der Waals surface area contributed by atoms with Crippen LogP contribution < -0.4 is 14.8 Å². The first-order valence-corrected chi connectivity index (χ1v) is 10.1. The van der Waals surface area contributed by atoms with Gasteiger partial charge in [-0.2, -0.15) is 0 Å². The van der Waals surface area contributed by atoms with Gasteiger partial charge in [0.15, 0.2) is 17.3 Å². The van der Waals surface area contributed by atoms with E-state index in [0.717, 1.165) is 45.3 Å². The number of allylic oxidation sites excluding steroid dienone is 1. The molecule has 0 fully saturated rings. The predicted octanol–water partition coefficient (Wildman–Crippen LogP) is 5.32. The largest absolute Gasteiger partial charge is 0.454 e. The summed E-state index contributed by atoms with van der Waals surface area (Å²) < 4.78 is 11.0. The molecule has 0 radical (unpaired) electrons. The number of ether oxygens (including phenoxy) is 2. The average Bonchev–Trinajstić information content (AvgIpc) is 3.01. The maximum absolute atomic E-state index is 13.2. The van der Waals surface area contributed by atoms with E-state index in [9.17, 15) is 4.79 Å². The number of fused-ring (bicyclic) bond motifs is 2. The number of carbonyl (C=O) groups is 1. The Morgan fingerprint density at radius 2 is 1.89 bits per heavy atom. The van der Waals surface area contributed by atoms with Crippen LogP contribution in [0.15, 0.2) is 58.6 Å². The van der Waals surface area contributed by atoms with Crippen LogP contribution in [0, 0.1) is 5.41 Å². The highest BCUT2D eigenvalue weighted by Gasteiger charge is 2.39. The van der Waals surface area contributed by atoms with Crippen molar-refractivity contribution in [2.45, 2.75) is 36.8 Å². The lowest BCUT2D eigenvalue weighted by Crippen LogP contribution is -2.29. The van der Waals surface area contributed by atoms with E-state index in [4.69, 9.17) is 9.47 Å². The molecule has 4 nitrogen and oxygen atoms in total. The first kappa shape index (κ1) is 16.8. The summed E-state index contributed by atoms with van der Waals surface area (Å²) in [6, 6.07) is 14.3. The third kappa shape index (κ3) is 2.90. The molecule has 27 heavy (non-hydrogen) atoms. The number of carbonyl (C=O) groups excluding carboxylic acids is 1. The molecule has 2 aromatic carbocycles. The minimum Gasteiger partial charge on any atom is -0.454 e. The third-order valence-corrected chi connectivity index (χ3v) is 6.65. The summed E-state index contributed by atoms with van der Waals surface area (Å²) in [5.74, 6) is 1.75. The first-order chi connectivity index (χ1) is 13.0. The van der Waals surface area contributed by atoms with Gasteiger partial charge in [0.25, 0.3) is 0 Å². The van der Waals surface area contributed by atoms with Crippen molar-refractivity contribution in [3.63, 3.8) is 0 Å².